The second kappa shape index (κ2) is 6.53. The Labute approximate surface area is 120 Å². The molecule has 0 atom stereocenters. The molecule has 0 amide bonds. The highest BCUT2D eigenvalue weighted by molar-refractivity contribution is 7.89. The number of sulfonamides is 1. The Morgan fingerprint density at radius 2 is 2.05 bits per heavy atom. The summed E-state index contributed by atoms with van der Waals surface area (Å²) in [4.78, 5) is 2.48. The van der Waals surface area contributed by atoms with E-state index in [1.165, 1.54) is 18.9 Å². The summed E-state index contributed by atoms with van der Waals surface area (Å²) in [6.07, 6.45) is 2.45. The van der Waals surface area contributed by atoms with Crippen LogP contribution in [0.15, 0.2) is 29.2 Å². The monoisotopic (exact) mass is 298 g/mol. The maximum atomic E-state index is 12.2. The number of nitrogens with two attached hydrogens (primary N) is 1. The molecule has 1 saturated carbocycles. The van der Waals surface area contributed by atoms with Gasteiger partial charge in [-0.3, -0.25) is 10.7 Å². The first-order valence-electron chi connectivity index (χ1n) is 6.88. The van der Waals surface area contributed by atoms with Gasteiger partial charge in [-0.15, -0.1) is 0 Å². The average Bonchev–Trinajstić information content (AvgIpc) is 3.28. The zero-order valence-electron chi connectivity index (χ0n) is 11.7. The molecule has 0 unspecified atom stereocenters. The van der Waals surface area contributed by atoms with E-state index in [0.717, 1.165) is 13.1 Å². The molecule has 20 heavy (non-hydrogen) atoms. The van der Waals surface area contributed by atoms with Gasteiger partial charge >= 0.3 is 0 Å². The third-order valence-corrected chi connectivity index (χ3v) is 5.01. The van der Waals surface area contributed by atoms with Gasteiger partial charge in [0, 0.05) is 19.1 Å². The number of para-hydroxylation sites is 1. The van der Waals surface area contributed by atoms with Crippen molar-refractivity contribution in [2.45, 2.75) is 30.7 Å². The smallest absolute Gasteiger partial charge is 0.242 e. The van der Waals surface area contributed by atoms with Crippen molar-refractivity contribution in [1.82, 2.24) is 9.62 Å². The molecule has 2 rings (SSSR count). The number of anilines is 1. The zero-order chi connectivity index (χ0) is 14.6. The number of nitrogens with one attached hydrogen (secondary N) is 2. The minimum absolute atomic E-state index is 0.178. The zero-order valence-corrected chi connectivity index (χ0v) is 12.5. The van der Waals surface area contributed by atoms with Gasteiger partial charge in [-0.05, 0) is 31.5 Å². The molecule has 1 aromatic rings. The normalized spacial score (nSPS) is 15.6. The molecule has 1 aliphatic rings. The number of hydrogen-bond acceptors (Lipinski definition) is 5. The fourth-order valence-corrected chi connectivity index (χ4v) is 3.45. The Morgan fingerprint density at radius 1 is 1.35 bits per heavy atom. The summed E-state index contributed by atoms with van der Waals surface area (Å²) in [7, 11) is -3.53. The maximum absolute atomic E-state index is 12.2. The van der Waals surface area contributed by atoms with Crippen molar-refractivity contribution in [3.8, 4) is 0 Å². The summed E-state index contributed by atoms with van der Waals surface area (Å²) in [6, 6.07) is 7.23. The van der Waals surface area contributed by atoms with Crippen LogP contribution in [0.3, 0.4) is 0 Å². The van der Waals surface area contributed by atoms with Gasteiger partial charge in [-0.25, -0.2) is 13.1 Å². The lowest BCUT2D eigenvalue weighted by atomic mass is 10.3. The first kappa shape index (κ1) is 15.2. The molecule has 0 radical (unpaired) electrons. The van der Waals surface area contributed by atoms with E-state index >= 15 is 0 Å². The van der Waals surface area contributed by atoms with E-state index in [0.29, 0.717) is 18.3 Å². The van der Waals surface area contributed by atoms with Gasteiger partial charge in [0.15, 0.2) is 0 Å². The second-order valence-corrected chi connectivity index (χ2v) is 6.63. The first-order chi connectivity index (χ1) is 9.58. The molecule has 4 N–H and O–H groups in total. The van der Waals surface area contributed by atoms with Crippen LogP contribution in [0.1, 0.15) is 19.8 Å². The molecule has 1 aromatic carbocycles. The van der Waals surface area contributed by atoms with Gasteiger partial charge in [0.25, 0.3) is 0 Å². The van der Waals surface area contributed by atoms with E-state index < -0.39 is 10.0 Å². The summed E-state index contributed by atoms with van der Waals surface area (Å²) >= 11 is 0. The van der Waals surface area contributed by atoms with Crippen molar-refractivity contribution in [3.05, 3.63) is 24.3 Å². The van der Waals surface area contributed by atoms with Crippen LogP contribution >= 0.6 is 0 Å². The third kappa shape index (κ3) is 3.69. The van der Waals surface area contributed by atoms with Gasteiger partial charge in [0.05, 0.1) is 5.69 Å². The fraction of sp³-hybridized carbons (Fsp3) is 0.538. The van der Waals surface area contributed by atoms with E-state index in [9.17, 15) is 8.42 Å². The standard InChI is InChI=1S/C13H22N4O2S/c1-2-17(11-7-8-11)10-9-15-20(18,19)13-6-4-3-5-12(13)16-14/h3-6,11,15-16H,2,7-10,14H2,1H3. The quantitative estimate of drug-likeness (QED) is 0.486. The van der Waals surface area contributed by atoms with Crippen molar-refractivity contribution in [2.24, 2.45) is 5.84 Å². The minimum atomic E-state index is -3.53. The number of likely N-dealkylation sites (N-methyl/N-ethyl adjacent to an activating group) is 1. The fourth-order valence-electron chi connectivity index (χ4n) is 2.26. The molecule has 112 valence electrons. The summed E-state index contributed by atoms with van der Waals surface area (Å²) in [6.45, 7) is 4.19. The minimum Gasteiger partial charge on any atom is -0.323 e. The van der Waals surface area contributed by atoms with Gasteiger partial charge in [-0.2, -0.15) is 0 Å². The molecule has 0 heterocycles. The van der Waals surface area contributed by atoms with E-state index in [4.69, 9.17) is 5.84 Å². The lowest BCUT2D eigenvalue weighted by Crippen LogP contribution is -2.36. The number of benzene rings is 1. The van der Waals surface area contributed by atoms with Crippen LogP contribution in [0, 0.1) is 0 Å². The predicted molar refractivity (Wildman–Crippen MR) is 79.7 cm³/mol. The summed E-state index contributed by atoms with van der Waals surface area (Å²) in [5.41, 5.74) is 2.81. The predicted octanol–water partition coefficient (Wildman–Crippen LogP) is 0.735. The molecule has 6 nitrogen and oxygen atoms in total. The van der Waals surface area contributed by atoms with Crippen molar-refractivity contribution >= 4 is 15.7 Å². The first-order valence-corrected chi connectivity index (χ1v) is 8.36. The molecule has 1 aliphatic carbocycles. The van der Waals surface area contributed by atoms with Crippen LogP contribution in [-0.4, -0.2) is 39.0 Å². The van der Waals surface area contributed by atoms with Crippen molar-refractivity contribution in [2.75, 3.05) is 25.1 Å². The molecule has 7 heteroatoms. The van der Waals surface area contributed by atoms with Crippen LogP contribution in [0.25, 0.3) is 0 Å². The summed E-state index contributed by atoms with van der Waals surface area (Å²) in [5.74, 6) is 5.34. The van der Waals surface area contributed by atoms with E-state index in [-0.39, 0.29) is 4.90 Å². The Kier molecular flexibility index (Phi) is 4.98. The maximum Gasteiger partial charge on any atom is 0.242 e. The van der Waals surface area contributed by atoms with Gasteiger partial charge in [0.2, 0.25) is 10.0 Å². The van der Waals surface area contributed by atoms with Crippen molar-refractivity contribution in [1.29, 1.82) is 0 Å². The van der Waals surface area contributed by atoms with E-state index in [1.54, 1.807) is 18.2 Å². The SMILES string of the molecule is CCN(CCNS(=O)(=O)c1ccccc1NN)C1CC1. The average molecular weight is 298 g/mol. The third-order valence-electron chi connectivity index (χ3n) is 3.49. The Hall–Kier alpha value is -1.15. The Balaban J connectivity index is 1.96. The topological polar surface area (TPSA) is 87.5 Å². The molecule has 0 saturated heterocycles. The number of hydrogen-bond donors (Lipinski definition) is 3. The lowest BCUT2D eigenvalue weighted by molar-refractivity contribution is 0.282. The Morgan fingerprint density at radius 3 is 2.65 bits per heavy atom. The number of hydrazine groups is 1. The van der Waals surface area contributed by atoms with Crippen LogP contribution in [-0.2, 0) is 10.0 Å². The van der Waals surface area contributed by atoms with Crippen LogP contribution in [0.5, 0.6) is 0 Å². The van der Waals surface area contributed by atoms with Gasteiger partial charge in [0.1, 0.15) is 4.90 Å². The van der Waals surface area contributed by atoms with Crippen LogP contribution in [0.2, 0.25) is 0 Å². The highest BCUT2D eigenvalue weighted by Crippen LogP contribution is 2.26. The number of rotatable bonds is 8. The molecular formula is C13H22N4O2S. The highest BCUT2D eigenvalue weighted by Gasteiger charge is 2.27. The van der Waals surface area contributed by atoms with Crippen LogP contribution < -0.4 is 16.0 Å². The largest absolute Gasteiger partial charge is 0.323 e. The highest BCUT2D eigenvalue weighted by atomic mass is 32.2. The van der Waals surface area contributed by atoms with Crippen molar-refractivity contribution in [3.63, 3.8) is 0 Å². The summed E-state index contributed by atoms with van der Waals surface area (Å²) in [5, 5.41) is 0. The molecule has 0 spiro atoms. The van der Waals surface area contributed by atoms with Crippen molar-refractivity contribution < 1.29 is 8.42 Å². The number of nitrogen functional groups attached to an aromatic ring is 1. The number of nitrogens with zero attached hydrogens (tertiary/aromatic N) is 1. The van der Waals surface area contributed by atoms with Gasteiger partial charge in [-0.1, -0.05) is 19.1 Å². The molecule has 1 fully saturated rings. The Bertz CT molecular complexity index is 543. The molecular weight excluding hydrogens is 276 g/mol. The molecule has 0 aromatic heterocycles. The van der Waals surface area contributed by atoms with Gasteiger partial charge < -0.3 is 5.43 Å². The summed E-state index contributed by atoms with van der Waals surface area (Å²) < 4.78 is 27.1. The molecule has 0 bridgehead atoms. The molecule has 0 aliphatic heterocycles. The van der Waals surface area contributed by atoms with Crippen LogP contribution in [0.4, 0.5) is 5.69 Å². The van der Waals surface area contributed by atoms with E-state index in [2.05, 4.69) is 22.0 Å². The lowest BCUT2D eigenvalue weighted by Gasteiger charge is -2.20. The second-order valence-electron chi connectivity index (χ2n) is 4.90. The van der Waals surface area contributed by atoms with E-state index in [1.807, 2.05) is 0 Å².